The van der Waals surface area contributed by atoms with Crippen molar-refractivity contribution in [2.75, 3.05) is 111 Å². The molecule has 1 N–H and O–H groups in total. The Morgan fingerprint density at radius 1 is 0.762 bits per heavy atom. The number of alkyl halides is 3. The summed E-state index contributed by atoms with van der Waals surface area (Å²) >= 11 is 0.640. The van der Waals surface area contributed by atoms with Crippen LogP contribution in [-0.4, -0.2) is 132 Å². The van der Waals surface area contributed by atoms with Crippen LogP contribution in [0.15, 0.2) is 71.6 Å². The lowest BCUT2D eigenvalue weighted by molar-refractivity contribution is -0.139. The number of thiocyanates is 1. The highest BCUT2D eigenvalue weighted by Gasteiger charge is 2.35. The summed E-state index contributed by atoms with van der Waals surface area (Å²) in [6, 6.07) is 19.0. The first-order valence-corrected chi connectivity index (χ1v) is 21.2. The number of benzene rings is 3. The van der Waals surface area contributed by atoms with E-state index < -0.39 is 11.7 Å². The SMILES string of the molecule is C#CCOCCOCCOCC(COCCCOCCn1nnc2c1-c1ccccc1CN(O)c1ccccc1-2)OCCOCCOCCOc1ccc(SC#N)cc1C(F)(F)F. The van der Waals surface area contributed by atoms with E-state index in [1.54, 1.807) is 5.40 Å². The summed E-state index contributed by atoms with van der Waals surface area (Å²) in [5.74, 6) is 2.07. The molecule has 15 nitrogen and oxygen atoms in total. The summed E-state index contributed by atoms with van der Waals surface area (Å²) in [5.41, 5.74) is 3.96. The number of ether oxygens (including phenoxy) is 9. The van der Waals surface area contributed by atoms with Crippen molar-refractivity contribution in [2.45, 2.75) is 36.7 Å². The molecule has 0 bridgehead atoms. The van der Waals surface area contributed by atoms with Gasteiger partial charge in [-0.25, -0.2) is 4.68 Å². The van der Waals surface area contributed by atoms with E-state index in [9.17, 15) is 18.4 Å². The zero-order chi connectivity index (χ0) is 44.5. The Kier molecular flexibility index (Phi) is 21.4. The average Bonchev–Trinajstić information content (AvgIpc) is 3.69. The molecule has 2 heterocycles. The van der Waals surface area contributed by atoms with Gasteiger partial charge in [-0.2, -0.15) is 18.4 Å². The number of hydrogen-bond acceptors (Lipinski definition) is 15. The predicted octanol–water partition coefficient (Wildman–Crippen LogP) is 6.52. The molecule has 19 heteroatoms. The Balaban J connectivity index is 0.978. The quantitative estimate of drug-likeness (QED) is 0.0261. The molecule has 1 aliphatic heterocycles. The Bertz CT molecular complexity index is 2050. The van der Waals surface area contributed by atoms with Crippen LogP contribution in [-0.2, 0) is 57.2 Å². The first kappa shape index (κ1) is 49.2. The number of hydroxylamine groups is 1. The van der Waals surface area contributed by atoms with Gasteiger partial charge in [0.05, 0.1) is 109 Å². The molecule has 1 unspecified atom stereocenters. The second-order valence-corrected chi connectivity index (χ2v) is 14.5. The maximum atomic E-state index is 13.5. The number of aromatic nitrogens is 3. The molecule has 3 aromatic carbocycles. The van der Waals surface area contributed by atoms with E-state index in [4.69, 9.17) is 54.3 Å². The van der Waals surface area contributed by atoms with E-state index in [-0.39, 0.29) is 76.2 Å². The van der Waals surface area contributed by atoms with Gasteiger partial charge in [-0.05, 0) is 48.0 Å². The van der Waals surface area contributed by atoms with Crippen molar-refractivity contribution in [2.24, 2.45) is 0 Å². The van der Waals surface area contributed by atoms with Crippen LogP contribution in [0.5, 0.6) is 5.75 Å². The minimum Gasteiger partial charge on any atom is -0.491 e. The summed E-state index contributed by atoms with van der Waals surface area (Å²) in [5, 5.41) is 31.6. The molecule has 0 saturated heterocycles. The van der Waals surface area contributed by atoms with Gasteiger partial charge in [0.2, 0.25) is 0 Å². The van der Waals surface area contributed by atoms with E-state index in [0.29, 0.717) is 88.9 Å². The second kappa shape index (κ2) is 27.4. The van der Waals surface area contributed by atoms with Crippen LogP contribution in [0.1, 0.15) is 17.5 Å². The number of thioether (sulfide) groups is 1. The van der Waals surface area contributed by atoms with Gasteiger partial charge < -0.3 is 42.6 Å². The van der Waals surface area contributed by atoms with Crippen LogP contribution in [0.4, 0.5) is 18.9 Å². The molecule has 0 saturated carbocycles. The molecule has 63 heavy (non-hydrogen) atoms. The van der Waals surface area contributed by atoms with E-state index in [1.807, 2.05) is 53.2 Å². The minimum absolute atomic E-state index is 0.0501. The van der Waals surface area contributed by atoms with E-state index in [1.165, 1.54) is 17.2 Å². The van der Waals surface area contributed by atoms with Crippen molar-refractivity contribution in [1.82, 2.24) is 15.0 Å². The fourth-order valence-electron chi connectivity index (χ4n) is 6.29. The summed E-state index contributed by atoms with van der Waals surface area (Å²) in [6.45, 7) is 5.28. The maximum absolute atomic E-state index is 13.5. The minimum atomic E-state index is -4.63. The number of anilines is 1. The standard InChI is InChI=1S/C44H52F3N5O10S/c1-2-15-54-19-20-56-23-24-60-32-35(61-27-25-57-21-22-58-26-28-62-41-13-12-36(63-33-48)29-39(41)44(45,46)47)31-59-17-7-16-55-18-14-51-43-37-9-4-3-8-34(37)30-52(53)40-11-6-5-10-38(40)42(43)49-50-51/h1,3-6,8-13,29,35,53H,7,14-28,30-32H2. The topological polar surface area (TPSA) is 161 Å². The van der Waals surface area contributed by atoms with Crippen molar-refractivity contribution in [3.63, 3.8) is 0 Å². The average molecular weight is 900 g/mol. The number of para-hydroxylation sites is 1. The van der Waals surface area contributed by atoms with Crippen molar-refractivity contribution in [3.8, 4) is 46.0 Å². The predicted molar refractivity (Wildman–Crippen MR) is 226 cm³/mol. The normalized spacial score (nSPS) is 12.7. The van der Waals surface area contributed by atoms with Crippen molar-refractivity contribution < 1.29 is 61.0 Å². The molecule has 0 amide bonds. The number of nitrogens with zero attached hydrogens (tertiary/aromatic N) is 5. The van der Waals surface area contributed by atoms with Crippen LogP contribution in [0.25, 0.3) is 22.5 Å². The lowest BCUT2D eigenvalue weighted by atomic mass is 9.96. The molecule has 1 atom stereocenters. The highest BCUT2D eigenvalue weighted by Crippen LogP contribution is 2.41. The van der Waals surface area contributed by atoms with Gasteiger partial charge >= 0.3 is 6.18 Å². The van der Waals surface area contributed by atoms with Gasteiger partial charge in [-0.3, -0.25) is 10.3 Å². The smallest absolute Gasteiger partial charge is 0.420 e. The van der Waals surface area contributed by atoms with Crippen LogP contribution in [0.3, 0.4) is 0 Å². The summed E-state index contributed by atoms with van der Waals surface area (Å²) in [7, 11) is 0. The fourth-order valence-corrected chi connectivity index (χ4v) is 6.71. The summed E-state index contributed by atoms with van der Waals surface area (Å²) in [4.78, 5) is 0.175. The van der Waals surface area contributed by atoms with Crippen molar-refractivity contribution >= 4 is 17.4 Å². The molecular formula is C44H52F3N5O10S. The molecule has 0 aliphatic carbocycles. The van der Waals surface area contributed by atoms with Gasteiger partial charge in [0, 0.05) is 29.2 Å². The van der Waals surface area contributed by atoms with Crippen molar-refractivity contribution in [3.05, 3.63) is 77.9 Å². The molecule has 4 aromatic rings. The van der Waals surface area contributed by atoms with Crippen LogP contribution >= 0.6 is 11.8 Å². The van der Waals surface area contributed by atoms with Gasteiger partial charge in [0.1, 0.15) is 36.2 Å². The van der Waals surface area contributed by atoms with Crippen LogP contribution in [0, 0.1) is 23.0 Å². The highest BCUT2D eigenvalue weighted by atomic mass is 32.2. The monoisotopic (exact) mass is 899 g/mol. The van der Waals surface area contributed by atoms with Gasteiger partial charge in [-0.1, -0.05) is 53.6 Å². The molecular weight excluding hydrogens is 848 g/mol. The van der Waals surface area contributed by atoms with E-state index in [2.05, 4.69) is 16.2 Å². The van der Waals surface area contributed by atoms with Gasteiger partial charge in [0.25, 0.3) is 0 Å². The Morgan fingerprint density at radius 2 is 1.40 bits per heavy atom. The summed E-state index contributed by atoms with van der Waals surface area (Å²) in [6.07, 6.45) is 0.807. The molecule has 0 radical (unpaired) electrons. The molecule has 0 fully saturated rings. The Morgan fingerprint density at radius 3 is 2.14 bits per heavy atom. The number of rotatable bonds is 30. The lowest BCUT2D eigenvalue weighted by Crippen LogP contribution is -2.28. The zero-order valence-electron chi connectivity index (χ0n) is 34.8. The first-order valence-electron chi connectivity index (χ1n) is 20.4. The number of halogens is 3. The van der Waals surface area contributed by atoms with Crippen molar-refractivity contribution in [1.29, 1.82) is 5.26 Å². The zero-order valence-corrected chi connectivity index (χ0v) is 35.7. The third-order valence-electron chi connectivity index (χ3n) is 9.19. The Hall–Kier alpha value is -4.77. The van der Waals surface area contributed by atoms with Gasteiger partial charge in [-0.15, -0.1) is 11.5 Å². The van der Waals surface area contributed by atoms with Crippen LogP contribution in [0.2, 0.25) is 0 Å². The fraction of sp³-hybridized carbons (Fsp3) is 0.477. The molecule has 340 valence electrons. The molecule has 5 rings (SSSR count). The second-order valence-electron chi connectivity index (χ2n) is 13.6. The Labute approximate surface area is 369 Å². The molecule has 1 aromatic heterocycles. The molecule has 1 aliphatic rings. The lowest BCUT2D eigenvalue weighted by Gasteiger charge is -2.24. The molecule has 0 spiro atoms. The first-order chi connectivity index (χ1) is 30.8. The van der Waals surface area contributed by atoms with E-state index >= 15 is 0 Å². The van der Waals surface area contributed by atoms with Crippen LogP contribution < -0.4 is 9.80 Å². The maximum Gasteiger partial charge on any atom is 0.420 e. The third-order valence-corrected chi connectivity index (χ3v) is 9.77. The highest BCUT2D eigenvalue weighted by molar-refractivity contribution is 8.03. The van der Waals surface area contributed by atoms with Gasteiger partial charge in [0.15, 0.2) is 0 Å². The van der Waals surface area contributed by atoms with E-state index in [0.717, 1.165) is 28.5 Å². The number of nitriles is 1. The third kappa shape index (κ3) is 16.4. The number of hydrogen-bond donors (Lipinski definition) is 1. The largest absolute Gasteiger partial charge is 0.491 e. The number of terminal acetylenes is 1. The number of fused-ring (bicyclic) bond motifs is 5. The summed E-state index contributed by atoms with van der Waals surface area (Å²) < 4.78 is 92.9.